The van der Waals surface area contributed by atoms with E-state index in [1.54, 1.807) is 0 Å². The summed E-state index contributed by atoms with van der Waals surface area (Å²) in [6, 6.07) is 0. The summed E-state index contributed by atoms with van der Waals surface area (Å²) in [7, 11) is 4.71. The van der Waals surface area contributed by atoms with Gasteiger partial charge in [-0.05, 0) is 20.0 Å². The first-order chi connectivity index (χ1) is 9.27. The van der Waals surface area contributed by atoms with E-state index in [4.69, 9.17) is 15.0 Å². The minimum atomic E-state index is -2.33. The number of likely N-dealkylation sites (tertiary alicyclic amines) is 2. The standard InChI is InChI=1S/2C7H16N.CH2O3/c2*1-3-8(2)6-4-5-7-8;2-1(3)4/h2*3-7H2,1-2H3;(H2,2,3,4)/q2*+1;/p-2. The van der Waals surface area contributed by atoms with Gasteiger partial charge in [-0.15, -0.1) is 0 Å². The molecule has 0 saturated carbocycles. The minimum absolute atomic E-state index is 1.32. The van der Waals surface area contributed by atoms with E-state index in [1.807, 2.05) is 0 Å². The van der Waals surface area contributed by atoms with Crippen LogP contribution in [0.25, 0.3) is 0 Å². The maximum Gasteiger partial charge on any atom is 0.0786 e. The summed E-state index contributed by atoms with van der Waals surface area (Å²) in [4.78, 5) is 8.33. The van der Waals surface area contributed by atoms with Crippen LogP contribution in [0.15, 0.2) is 0 Å². The van der Waals surface area contributed by atoms with Crippen molar-refractivity contribution in [3.8, 4) is 0 Å². The maximum absolute atomic E-state index is 8.33. The molecule has 2 heterocycles. The second kappa shape index (κ2) is 9.19. The predicted octanol–water partition coefficient (Wildman–Crippen LogP) is 0.0464. The molecule has 2 rings (SSSR count). The molecule has 5 nitrogen and oxygen atoms in total. The fraction of sp³-hybridized carbons (Fsp3) is 0.933. The van der Waals surface area contributed by atoms with Crippen molar-refractivity contribution in [2.24, 2.45) is 0 Å². The van der Waals surface area contributed by atoms with Gasteiger partial charge in [0.1, 0.15) is 0 Å². The van der Waals surface area contributed by atoms with Gasteiger partial charge in [-0.2, -0.15) is 0 Å². The highest BCUT2D eigenvalue weighted by Crippen LogP contribution is 2.15. The predicted molar refractivity (Wildman–Crippen MR) is 76.8 cm³/mol. The molecule has 2 saturated heterocycles. The van der Waals surface area contributed by atoms with Crippen LogP contribution in [0.5, 0.6) is 0 Å². The van der Waals surface area contributed by atoms with Crippen LogP contribution in [0.1, 0.15) is 39.5 Å². The highest BCUT2D eigenvalue weighted by molar-refractivity contribution is 5.47. The van der Waals surface area contributed by atoms with E-state index in [9.17, 15) is 0 Å². The van der Waals surface area contributed by atoms with Crippen LogP contribution in [0.2, 0.25) is 0 Å². The Bertz CT molecular complexity index is 244. The number of carbonyl (C=O) groups is 1. The van der Waals surface area contributed by atoms with Crippen molar-refractivity contribution in [3.63, 3.8) is 0 Å². The molecule has 20 heavy (non-hydrogen) atoms. The molecule has 0 radical (unpaired) electrons. The average Bonchev–Trinajstić information content (AvgIpc) is 3.00. The van der Waals surface area contributed by atoms with Gasteiger partial charge in [0.25, 0.3) is 0 Å². The molecule has 0 aromatic heterocycles. The van der Waals surface area contributed by atoms with Crippen molar-refractivity contribution >= 4 is 6.16 Å². The van der Waals surface area contributed by atoms with Gasteiger partial charge in [0.15, 0.2) is 0 Å². The molecule has 2 aliphatic rings. The monoisotopic (exact) mass is 288 g/mol. The zero-order valence-electron chi connectivity index (χ0n) is 13.7. The van der Waals surface area contributed by atoms with Gasteiger partial charge in [0.2, 0.25) is 0 Å². The molecule has 0 aliphatic carbocycles. The van der Waals surface area contributed by atoms with Gasteiger partial charge in [-0.25, -0.2) is 0 Å². The fourth-order valence-electron chi connectivity index (χ4n) is 2.83. The molecular formula is C15H32N2O3. The van der Waals surface area contributed by atoms with Gasteiger partial charge in [-0.3, -0.25) is 0 Å². The third-order valence-corrected chi connectivity index (χ3v) is 4.82. The number of quaternary nitrogens is 2. The lowest BCUT2D eigenvalue weighted by molar-refractivity contribution is -0.895. The molecule has 0 spiro atoms. The van der Waals surface area contributed by atoms with E-state index in [1.165, 1.54) is 73.9 Å². The van der Waals surface area contributed by atoms with Gasteiger partial charge < -0.3 is 24.0 Å². The third kappa shape index (κ3) is 8.38. The average molecular weight is 288 g/mol. The van der Waals surface area contributed by atoms with Crippen LogP contribution in [0.3, 0.4) is 0 Å². The molecule has 0 amide bonds. The Morgan fingerprint density at radius 2 is 1.00 bits per heavy atom. The number of hydrogen-bond acceptors (Lipinski definition) is 3. The van der Waals surface area contributed by atoms with E-state index in [0.29, 0.717) is 0 Å². The number of nitrogens with zero attached hydrogens (tertiary/aromatic N) is 2. The van der Waals surface area contributed by atoms with E-state index in [0.717, 1.165) is 0 Å². The molecule has 2 aliphatic heterocycles. The van der Waals surface area contributed by atoms with Crippen LogP contribution >= 0.6 is 0 Å². The Morgan fingerprint density at radius 3 is 1.10 bits per heavy atom. The molecule has 0 unspecified atom stereocenters. The Labute approximate surface area is 124 Å². The second-order valence-electron chi connectivity index (χ2n) is 6.43. The quantitative estimate of drug-likeness (QED) is 0.674. The van der Waals surface area contributed by atoms with E-state index in [-0.39, 0.29) is 0 Å². The number of carbonyl (C=O) groups excluding carboxylic acids is 1. The van der Waals surface area contributed by atoms with Crippen LogP contribution in [0, 0.1) is 0 Å². The van der Waals surface area contributed by atoms with Crippen molar-refractivity contribution in [2.45, 2.75) is 39.5 Å². The van der Waals surface area contributed by atoms with Gasteiger partial charge >= 0.3 is 0 Å². The zero-order chi connectivity index (χ0) is 15.6. The lowest BCUT2D eigenvalue weighted by Crippen LogP contribution is -2.40. The smallest absolute Gasteiger partial charge is 0.0786 e. The fourth-order valence-corrected chi connectivity index (χ4v) is 2.83. The topological polar surface area (TPSA) is 63.2 Å². The second-order valence-corrected chi connectivity index (χ2v) is 6.43. The first-order valence-corrected chi connectivity index (χ1v) is 7.82. The van der Waals surface area contributed by atoms with E-state index in [2.05, 4.69) is 27.9 Å². The first kappa shape index (κ1) is 19.2. The normalized spacial score (nSPS) is 22.2. The van der Waals surface area contributed by atoms with Gasteiger partial charge in [-0.1, -0.05) is 0 Å². The molecule has 0 aromatic rings. The summed E-state index contributed by atoms with van der Waals surface area (Å²) in [5.41, 5.74) is 0. The largest absolute Gasteiger partial charge is 0.652 e. The molecule has 0 N–H and O–H groups in total. The first-order valence-electron chi connectivity index (χ1n) is 7.82. The van der Waals surface area contributed by atoms with E-state index >= 15 is 0 Å². The molecule has 0 atom stereocenters. The van der Waals surface area contributed by atoms with E-state index < -0.39 is 6.16 Å². The highest BCUT2D eigenvalue weighted by atomic mass is 16.6. The maximum atomic E-state index is 8.33. The summed E-state index contributed by atoms with van der Waals surface area (Å²) in [6.45, 7) is 12.9. The minimum Gasteiger partial charge on any atom is -0.652 e. The third-order valence-electron chi connectivity index (χ3n) is 4.82. The number of rotatable bonds is 2. The summed E-state index contributed by atoms with van der Waals surface area (Å²) in [5, 5.41) is 16.7. The van der Waals surface area contributed by atoms with Crippen LogP contribution in [0.4, 0.5) is 4.79 Å². The Balaban J connectivity index is 0.000000289. The molecule has 2 fully saturated rings. The van der Waals surface area contributed by atoms with Crippen LogP contribution in [-0.4, -0.2) is 68.5 Å². The van der Waals surface area contributed by atoms with Crippen LogP contribution < -0.4 is 10.2 Å². The summed E-state index contributed by atoms with van der Waals surface area (Å²) in [6.07, 6.45) is 3.46. The molecule has 5 heteroatoms. The zero-order valence-corrected chi connectivity index (χ0v) is 13.7. The Morgan fingerprint density at radius 1 is 0.800 bits per heavy atom. The van der Waals surface area contributed by atoms with Crippen molar-refractivity contribution in [1.29, 1.82) is 0 Å². The van der Waals surface area contributed by atoms with Crippen molar-refractivity contribution in [3.05, 3.63) is 0 Å². The highest BCUT2D eigenvalue weighted by Gasteiger charge is 2.24. The SMILES string of the molecule is CC[N+]1(C)CCCC1.CC[N+]1(C)CCCC1.O=C([O-])[O-]. The number of carboxylic acid groups (broad SMARTS) is 2. The van der Waals surface area contributed by atoms with Gasteiger partial charge in [0.05, 0.1) is 53.4 Å². The molecule has 120 valence electrons. The van der Waals surface area contributed by atoms with Crippen molar-refractivity contribution in [2.75, 3.05) is 53.4 Å². The Kier molecular flexibility index (Phi) is 8.81. The number of hydrogen-bond donors (Lipinski definition) is 0. The van der Waals surface area contributed by atoms with Crippen LogP contribution in [-0.2, 0) is 0 Å². The lowest BCUT2D eigenvalue weighted by Gasteiger charge is -2.26. The molecular weight excluding hydrogens is 256 g/mol. The summed E-state index contributed by atoms with van der Waals surface area (Å²) in [5.74, 6) is 0. The Hall–Kier alpha value is -0.810. The van der Waals surface area contributed by atoms with Crippen molar-refractivity contribution in [1.82, 2.24) is 0 Å². The molecule has 0 bridgehead atoms. The molecule has 0 aromatic carbocycles. The van der Waals surface area contributed by atoms with Gasteiger partial charge in [0, 0.05) is 25.7 Å². The lowest BCUT2D eigenvalue weighted by atomic mass is 10.4. The van der Waals surface area contributed by atoms with Crippen molar-refractivity contribution < 1.29 is 24.0 Å². The summed E-state index contributed by atoms with van der Waals surface area (Å²) < 4.78 is 2.64. The summed E-state index contributed by atoms with van der Waals surface area (Å²) >= 11 is 0.